The van der Waals surface area contributed by atoms with Gasteiger partial charge in [0.2, 0.25) is 0 Å². The molecule has 1 saturated heterocycles. The zero-order valence-corrected chi connectivity index (χ0v) is 14.7. The highest BCUT2D eigenvalue weighted by Gasteiger charge is 2.20. The number of ether oxygens (including phenoxy) is 1. The number of sulfonamides is 1. The van der Waals surface area contributed by atoms with Gasteiger partial charge in [0.1, 0.15) is 0 Å². The summed E-state index contributed by atoms with van der Waals surface area (Å²) in [6, 6.07) is 14.3. The van der Waals surface area contributed by atoms with E-state index < -0.39 is 10.0 Å². The molecular weight excluding hydrogens is 324 g/mol. The number of nitrogens with zero attached hydrogens (tertiary/aromatic N) is 1. The quantitative estimate of drug-likeness (QED) is 0.925. The third kappa shape index (κ3) is 3.95. The summed E-state index contributed by atoms with van der Waals surface area (Å²) in [6.45, 7) is 4.27. The van der Waals surface area contributed by atoms with Crippen molar-refractivity contribution in [1.29, 1.82) is 0 Å². The second kappa shape index (κ2) is 6.93. The van der Waals surface area contributed by atoms with Gasteiger partial charge in [-0.3, -0.25) is 4.72 Å². The van der Waals surface area contributed by atoms with Gasteiger partial charge in [0.15, 0.2) is 0 Å². The predicted octanol–water partition coefficient (Wildman–Crippen LogP) is 2.80. The maximum atomic E-state index is 12.5. The van der Waals surface area contributed by atoms with E-state index in [9.17, 15) is 8.42 Å². The number of hydrogen-bond donors (Lipinski definition) is 1. The molecule has 128 valence electrons. The van der Waals surface area contributed by atoms with Gasteiger partial charge in [0.05, 0.1) is 17.6 Å². The van der Waals surface area contributed by atoms with Crippen molar-refractivity contribution in [2.24, 2.45) is 0 Å². The van der Waals surface area contributed by atoms with Crippen molar-refractivity contribution in [2.45, 2.75) is 17.9 Å². The van der Waals surface area contributed by atoms with Crippen molar-refractivity contribution in [3.8, 4) is 0 Å². The van der Waals surface area contributed by atoms with Crippen LogP contribution in [0.3, 0.4) is 0 Å². The zero-order chi connectivity index (χ0) is 17.2. The Morgan fingerprint density at radius 3 is 2.71 bits per heavy atom. The molecule has 24 heavy (non-hydrogen) atoms. The largest absolute Gasteiger partial charge is 0.371 e. The van der Waals surface area contributed by atoms with Crippen molar-refractivity contribution in [3.05, 3.63) is 59.7 Å². The van der Waals surface area contributed by atoms with E-state index in [0.29, 0.717) is 12.3 Å². The molecule has 5 nitrogen and oxygen atoms in total. The van der Waals surface area contributed by atoms with E-state index in [0.717, 1.165) is 24.2 Å². The smallest absolute Gasteiger partial charge is 0.261 e. The van der Waals surface area contributed by atoms with Gasteiger partial charge in [0.25, 0.3) is 10.0 Å². The topological polar surface area (TPSA) is 58.6 Å². The number of hydrogen-bond acceptors (Lipinski definition) is 4. The number of likely N-dealkylation sites (N-methyl/N-ethyl adjacent to an activating group) is 1. The first-order valence-corrected chi connectivity index (χ1v) is 9.42. The van der Waals surface area contributed by atoms with E-state index >= 15 is 0 Å². The van der Waals surface area contributed by atoms with Gasteiger partial charge in [-0.15, -0.1) is 0 Å². The third-order valence-electron chi connectivity index (χ3n) is 4.08. The lowest BCUT2D eigenvalue weighted by Gasteiger charge is -2.30. The van der Waals surface area contributed by atoms with Crippen LogP contribution in [0.5, 0.6) is 0 Å². The van der Waals surface area contributed by atoms with Crippen molar-refractivity contribution < 1.29 is 13.2 Å². The van der Waals surface area contributed by atoms with Crippen molar-refractivity contribution in [3.63, 3.8) is 0 Å². The van der Waals surface area contributed by atoms with E-state index in [2.05, 4.69) is 16.7 Å². The Bertz CT molecular complexity index is 821. The van der Waals surface area contributed by atoms with Crippen LogP contribution in [-0.2, 0) is 14.8 Å². The second-order valence-corrected chi connectivity index (χ2v) is 7.85. The Labute approximate surface area is 143 Å². The molecule has 1 aliphatic rings. The second-order valence-electron chi connectivity index (χ2n) is 6.17. The van der Waals surface area contributed by atoms with Gasteiger partial charge in [-0.2, -0.15) is 0 Å². The molecule has 1 fully saturated rings. The lowest BCUT2D eigenvalue weighted by Crippen LogP contribution is -2.35. The summed E-state index contributed by atoms with van der Waals surface area (Å²) >= 11 is 0. The first-order chi connectivity index (χ1) is 11.4. The summed E-state index contributed by atoms with van der Waals surface area (Å²) in [6.07, 6.45) is -0.0350. The molecule has 0 saturated carbocycles. The highest BCUT2D eigenvalue weighted by Crippen LogP contribution is 2.25. The fourth-order valence-electron chi connectivity index (χ4n) is 2.78. The molecule has 2 aromatic rings. The molecule has 1 N–H and O–H groups in total. The average Bonchev–Trinajstić information content (AvgIpc) is 2.55. The highest BCUT2D eigenvalue weighted by molar-refractivity contribution is 7.92. The maximum absolute atomic E-state index is 12.5. The molecule has 0 bridgehead atoms. The molecule has 1 aliphatic heterocycles. The molecule has 1 atom stereocenters. The molecule has 0 aromatic heterocycles. The molecule has 6 heteroatoms. The highest BCUT2D eigenvalue weighted by atomic mass is 32.2. The molecule has 1 unspecified atom stereocenters. The van der Waals surface area contributed by atoms with Crippen molar-refractivity contribution in [2.75, 3.05) is 31.5 Å². The van der Waals surface area contributed by atoms with E-state index in [4.69, 9.17) is 4.74 Å². The van der Waals surface area contributed by atoms with Gasteiger partial charge < -0.3 is 9.64 Å². The van der Waals surface area contributed by atoms with Crippen LogP contribution >= 0.6 is 0 Å². The Kier molecular flexibility index (Phi) is 4.89. The van der Waals surface area contributed by atoms with Crippen LogP contribution in [0.25, 0.3) is 0 Å². The molecule has 2 aromatic carbocycles. The summed E-state index contributed by atoms with van der Waals surface area (Å²) < 4.78 is 33.5. The third-order valence-corrected chi connectivity index (χ3v) is 5.46. The molecule has 3 rings (SSSR count). The van der Waals surface area contributed by atoms with Gasteiger partial charge in [0, 0.05) is 18.8 Å². The maximum Gasteiger partial charge on any atom is 0.261 e. The van der Waals surface area contributed by atoms with Gasteiger partial charge in [-0.1, -0.05) is 24.3 Å². The van der Waals surface area contributed by atoms with E-state index in [1.165, 1.54) is 0 Å². The van der Waals surface area contributed by atoms with E-state index in [-0.39, 0.29) is 11.0 Å². The minimum absolute atomic E-state index is 0.0350. The SMILES string of the molecule is Cc1cccc(S(=O)(=O)Nc2cccc(C3CN(C)CCO3)c2)c1. The number of benzene rings is 2. The molecule has 1 heterocycles. The number of nitrogens with one attached hydrogen (secondary N) is 1. The van der Waals surface area contributed by atoms with Gasteiger partial charge >= 0.3 is 0 Å². The minimum Gasteiger partial charge on any atom is -0.371 e. The van der Waals surface area contributed by atoms with Crippen molar-refractivity contribution in [1.82, 2.24) is 4.90 Å². The van der Waals surface area contributed by atoms with Gasteiger partial charge in [-0.25, -0.2) is 8.42 Å². The fraction of sp³-hybridized carbons (Fsp3) is 0.333. The summed E-state index contributed by atoms with van der Waals surface area (Å²) in [7, 11) is -1.54. The van der Waals surface area contributed by atoms with Gasteiger partial charge in [-0.05, 0) is 49.4 Å². The van der Waals surface area contributed by atoms with E-state index in [1.807, 2.05) is 31.2 Å². The number of aryl methyl sites for hydroxylation is 1. The molecular formula is C18H22N2O3S. The first kappa shape index (κ1) is 17.0. The molecule has 0 aliphatic carbocycles. The summed E-state index contributed by atoms with van der Waals surface area (Å²) in [5.41, 5.74) is 2.43. The van der Waals surface area contributed by atoms with Crippen LogP contribution in [-0.4, -0.2) is 40.1 Å². The standard InChI is InChI=1S/C18H22N2O3S/c1-14-5-3-8-17(11-14)24(21,22)19-16-7-4-6-15(12-16)18-13-20(2)9-10-23-18/h3-8,11-12,18-19H,9-10,13H2,1-2H3. The van der Waals surface area contributed by atoms with Crippen LogP contribution in [0.1, 0.15) is 17.2 Å². The monoisotopic (exact) mass is 346 g/mol. The first-order valence-electron chi connectivity index (χ1n) is 7.94. The van der Waals surface area contributed by atoms with Crippen LogP contribution in [0, 0.1) is 6.92 Å². The van der Waals surface area contributed by atoms with Crippen LogP contribution in [0.15, 0.2) is 53.4 Å². The molecule has 0 spiro atoms. The predicted molar refractivity (Wildman–Crippen MR) is 94.6 cm³/mol. The molecule has 0 radical (unpaired) electrons. The summed E-state index contributed by atoms with van der Waals surface area (Å²) in [5.74, 6) is 0. The number of anilines is 1. The van der Waals surface area contributed by atoms with Crippen molar-refractivity contribution >= 4 is 15.7 Å². The number of morpholine rings is 1. The fourth-order valence-corrected chi connectivity index (χ4v) is 3.93. The Morgan fingerprint density at radius 1 is 1.17 bits per heavy atom. The Hall–Kier alpha value is -1.89. The van der Waals surface area contributed by atoms with Crippen LogP contribution < -0.4 is 4.72 Å². The Morgan fingerprint density at radius 2 is 1.96 bits per heavy atom. The lowest BCUT2D eigenvalue weighted by atomic mass is 10.1. The lowest BCUT2D eigenvalue weighted by molar-refractivity contribution is -0.0208. The minimum atomic E-state index is -3.60. The number of rotatable bonds is 4. The van der Waals surface area contributed by atoms with Crippen LogP contribution in [0.2, 0.25) is 0 Å². The zero-order valence-electron chi connectivity index (χ0n) is 13.9. The molecule has 0 amide bonds. The Balaban J connectivity index is 1.81. The normalized spacial score (nSPS) is 19.2. The van der Waals surface area contributed by atoms with Crippen LogP contribution in [0.4, 0.5) is 5.69 Å². The average molecular weight is 346 g/mol. The summed E-state index contributed by atoms with van der Waals surface area (Å²) in [4.78, 5) is 2.47. The van der Waals surface area contributed by atoms with E-state index in [1.54, 1.807) is 24.3 Å². The summed E-state index contributed by atoms with van der Waals surface area (Å²) in [5, 5.41) is 0.